The van der Waals surface area contributed by atoms with E-state index >= 15 is 0 Å². The van der Waals surface area contributed by atoms with Gasteiger partial charge in [0.15, 0.2) is 5.11 Å². The highest BCUT2D eigenvalue weighted by Gasteiger charge is 2.14. The molecule has 0 aliphatic heterocycles. The molecule has 0 atom stereocenters. The van der Waals surface area contributed by atoms with E-state index in [1.807, 2.05) is 0 Å². The maximum atomic E-state index is 12.3. The fraction of sp³-hybridized carbons (Fsp3) is 0.176. The van der Waals surface area contributed by atoms with E-state index in [-0.39, 0.29) is 11.0 Å². The van der Waals surface area contributed by atoms with Crippen LogP contribution in [0.1, 0.15) is 10.4 Å². The van der Waals surface area contributed by atoms with Crippen LogP contribution in [0.3, 0.4) is 0 Å². The number of nitrogens with one attached hydrogen (secondary N) is 2. The number of ether oxygens (including phenoxy) is 3. The van der Waals surface area contributed by atoms with Gasteiger partial charge in [-0.3, -0.25) is 10.1 Å². The molecule has 0 saturated carbocycles. The number of carbonyl (C=O) groups is 1. The third-order valence-corrected chi connectivity index (χ3v) is 3.43. The summed E-state index contributed by atoms with van der Waals surface area (Å²) < 4.78 is 15.4. The first-order valence-corrected chi connectivity index (χ1v) is 7.46. The SMILES string of the molecule is COc1ccc(NC(=S)NC(=O)c2ccc(OC)cc2OC)cc1. The van der Waals surface area contributed by atoms with Crippen molar-refractivity contribution in [3.63, 3.8) is 0 Å². The number of thiocarbonyl (C=S) groups is 1. The predicted molar refractivity (Wildman–Crippen MR) is 96.2 cm³/mol. The lowest BCUT2D eigenvalue weighted by atomic mass is 10.2. The van der Waals surface area contributed by atoms with Gasteiger partial charge in [0.05, 0.1) is 26.9 Å². The highest BCUT2D eigenvalue weighted by Crippen LogP contribution is 2.24. The van der Waals surface area contributed by atoms with E-state index in [9.17, 15) is 4.79 Å². The molecular weight excluding hydrogens is 328 g/mol. The molecule has 0 aliphatic carbocycles. The van der Waals surface area contributed by atoms with Crippen molar-refractivity contribution in [2.45, 2.75) is 0 Å². The van der Waals surface area contributed by atoms with Gasteiger partial charge >= 0.3 is 0 Å². The van der Waals surface area contributed by atoms with E-state index in [0.29, 0.717) is 17.1 Å². The number of methoxy groups -OCH3 is 3. The summed E-state index contributed by atoms with van der Waals surface area (Å²) in [6, 6.07) is 12.1. The van der Waals surface area contributed by atoms with E-state index in [4.69, 9.17) is 26.4 Å². The molecule has 0 saturated heterocycles. The Morgan fingerprint density at radius 3 is 2.12 bits per heavy atom. The Morgan fingerprint density at radius 1 is 0.917 bits per heavy atom. The van der Waals surface area contributed by atoms with Crippen LogP contribution in [0.2, 0.25) is 0 Å². The number of hydrogen-bond donors (Lipinski definition) is 2. The van der Waals surface area contributed by atoms with Crippen LogP contribution in [0.15, 0.2) is 42.5 Å². The fourth-order valence-electron chi connectivity index (χ4n) is 1.99. The van der Waals surface area contributed by atoms with E-state index in [1.54, 1.807) is 56.7 Å². The van der Waals surface area contributed by atoms with Crippen molar-refractivity contribution in [3.8, 4) is 17.2 Å². The number of hydrogen-bond acceptors (Lipinski definition) is 5. The minimum atomic E-state index is -0.375. The van der Waals surface area contributed by atoms with E-state index in [1.165, 1.54) is 7.11 Å². The van der Waals surface area contributed by atoms with E-state index in [0.717, 1.165) is 11.4 Å². The van der Waals surface area contributed by atoms with Crippen molar-refractivity contribution in [2.75, 3.05) is 26.6 Å². The van der Waals surface area contributed by atoms with Crippen molar-refractivity contribution in [1.82, 2.24) is 5.32 Å². The van der Waals surface area contributed by atoms with Crippen molar-refractivity contribution in [1.29, 1.82) is 0 Å². The first-order chi connectivity index (χ1) is 11.6. The number of benzene rings is 2. The average Bonchev–Trinajstić information content (AvgIpc) is 2.61. The second-order valence-corrected chi connectivity index (χ2v) is 5.11. The molecule has 0 spiro atoms. The molecule has 0 unspecified atom stereocenters. The van der Waals surface area contributed by atoms with Gasteiger partial charge in [-0.05, 0) is 48.6 Å². The van der Waals surface area contributed by atoms with E-state index < -0.39 is 0 Å². The summed E-state index contributed by atoms with van der Waals surface area (Å²) in [4.78, 5) is 12.3. The highest BCUT2D eigenvalue weighted by molar-refractivity contribution is 7.80. The van der Waals surface area contributed by atoms with Crippen molar-refractivity contribution in [2.24, 2.45) is 0 Å². The van der Waals surface area contributed by atoms with E-state index in [2.05, 4.69) is 10.6 Å². The molecule has 0 radical (unpaired) electrons. The number of amides is 1. The molecule has 24 heavy (non-hydrogen) atoms. The largest absolute Gasteiger partial charge is 0.497 e. The molecule has 2 aromatic carbocycles. The standard InChI is InChI=1S/C17H18N2O4S/c1-21-12-6-4-11(5-7-12)18-17(24)19-16(20)14-9-8-13(22-2)10-15(14)23-3/h4-10H,1-3H3,(H2,18,19,20,24). The Labute approximate surface area is 145 Å². The second-order valence-electron chi connectivity index (χ2n) is 4.70. The van der Waals surface area contributed by atoms with Crippen molar-refractivity contribution < 1.29 is 19.0 Å². The van der Waals surface area contributed by atoms with Crippen LogP contribution >= 0.6 is 12.2 Å². The molecule has 0 bridgehead atoms. The molecule has 2 N–H and O–H groups in total. The van der Waals surface area contributed by atoms with Gasteiger partial charge in [0.1, 0.15) is 17.2 Å². The lowest BCUT2D eigenvalue weighted by Gasteiger charge is -2.12. The monoisotopic (exact) mass is 346 g/mol. The van der Waals surface area contributed by atoms with Gasteiger partial charge in [-0.15, -0.1) is 0 Å². The normalized spacial score (nSPS) is 9.79. The van der Waals surface area contributed by atoms with Crippen LogP contribution in [0, 0.1) is 0 Å². The minimum absolute atomic E-state index is 0.183. The zero-order valence-electron chi connectivity index (χ0n) is 13.6. The van der Waals surface area contributed by atoms with Crippen LogP contribution in [0.4, 0.5) is 5.69 Å². The highest BCUT2D eigenvalue weighted by atomic mass is 32.1. The molecule has 0 aromatic heterocycles. The molecule has 126 valence electrons. The zero-order chi connectivity index (χ0) is 17.5. The van der Waals surface area contributed by atoms with Crippen LogP contribution in [0.25, 0.3) is 0 Å². The van der Waals surface area contributed by atoms with Crippen LogP contribution < -0.4 is 24.8 Å². The molecule has 2 rings (SSSR count). The van der Waals surface area contributed by atoms with Gasteiger partial charge in [0, 0.05) is 11.8 Å². The van der Waals surface area contributed by atoms with Gasteiger partial charge in [0.2, 0.25) is 0 Å². The first kappa shape index (κ1) is 17.6. The number of anilines is 1. The quantitative estimate of drug-likeness (QED) is 0.812. The summed E-state index contributed by atoms with van der Waals surface area (Å²) in [6.07, 6.45) is 0. The van der Waals surface area contributed by atoms with Gasteiger partial charge in [-0.1, -0.05) is 0 Å². The third-order valence-electron chi connectivity index (χ3n) is 3.23. The Kier molecular flexibility index (Phi) is 5.97. The Bertz CT molecular complexity index is 732. The maximum absolute atomic E-state index is 12.3. The van der Waals surface area contributed by atoms with Crippen LogP contribution in [0.5, 0.6) is 17.2 Å². The summed E-state index contributed by atoms with van der Waals surface area (Å²) >= 11 is 5.16. The van der Waals surface area contributed by atoms with Crippen molar-refractivity contribution >= 4 is 28.9 Å². The smallest absolute Gasteiger partial charge is 0.261 e. The Morgan fingerprint density at radius 2 is 1.54 bits per heavy atom. The topological polar surface area (TPSA) is 68.8 Å². The summed E-state index contributed by atoms with van der Waals surface area (Å²) in [5.74, 6) is 1.36. The summed E-state index contributed by atoms with van der Waals surface area (Å²) in [5, 5.41) is 5.73. The van der Waals surface area contributed by atoms with Gasteiger partial charge in [-0.25, -0.2) is 0 Å². The maximum Gasteiger partial charge on any atom is 0.261 e. The first-order valence-electron chi connectivity index (χ1n) is 7.05. The molecule has 6 nitrogen and oxygen atoms in total. The molecule has 1 amide bonds. The van der Waals surface area contributed by atoms with Gasteiger partial charge in [-0.2, -0.15) is 0 Å². The predicted octanol–water partition coefficient (Wildman–Crippen LogP) is 2.84. The van der Waals surface area contributed by atoms with Gasteiger partial charge < -0.3 is 19.5 Å². The summed E-state index contributed by atoms with van der Waals surface area (Å²) in [5.41, 5.74) is 1.10. The lowest BCUT2D eigenvalue weighted by Crippen LogP contribution is -2.34. The Balaban J connectivity index is 2.04. The molecular formula is C17H18N2O4S. The number of carbonyl (C=O) groups excluding carboxylic acids is 1. The summed E-state index contributed by atoms with van der Waals surface area (Å²) in [6.45, 7) is 0. The molecule has 0 aliphatic rings. The van der Waals surface area contributed by atoms with Crippen LogP contribution in [-0.2, 0) is 0 Å². The fourth-order valence-corrected chi connectivity index (χ4v) is 2.20. The molecule has 7 heteroatoms. The second kappa shape index (κ2) is 8.16. The summed E-state index contributed by atoms with van der Waals surface area (Å²) in [7, 11) is 4.62. The average molecular weight is 346 g/mol. The zero-order valence-corrected chi connectivity index (χ0v) is 14.4. The Hall–Kier alpha value is -2.80. The van der Waals surface area contributed by atoms with Crippen LogP contribution in [-0.4, -0.2) is 32.3 Å². The molecule has 0 heterocycles. The minimum Gasteiger partial charge on any atom is -0.497 e. The third kappa shape index (κ3) is 4.36. The molecule has 0 fully saturated rings. The van der Waals surface area contributed by atoms with Crippen molar-refractivity contribution in [3.05, 3.63) is 48.0 Å². The number of rotatable bonds is 5. The van der Waals surface area contributed by atoms with Gasteiger partial charge in [0.25, 0.3) is 5.91 Å². The lowest BCUT2D eigenvalue weighted by molar-refractivity contribution is 0.0974. The molecule has 2 aromatic rings.